The van der Waals surface area contributed by atoms with E-state index in [0.717, 1.165) is 12.8 Å². The van der Waals surface area contributed by atoms with Gasteiger partial charge in [0.1, 0.15) is 42.7 Å². The van der Waals surface area contributed by atoms with Crippen molar-refractivity contribution in [3.8, 4) is 0 Å². The molecule has 0 spiro atoms. The molecule has 9 atom stereocenters. The zero-order chi connectivity index (χ0) is 25.7. The number of nitrogens with two attached hydrogens (primary N) is 1. The minimum Gasteiger partial charge on any atom is -0.389 e. The second-order valence-corrected chi connectivity index (χ2v) is 8.11. The maximum absolute atomic E-state index is 11.0. The maximum atomic E-state index is 11.0. The molecule has 1 fully saturated rings. The molecule has 12 N–H and O–H groups in total. The third-order valence-electron chi connectivity index (χ3n) is 5.37. The number of carbonyl (C=O) groups is 1. The molecule has 0 radical (unpaired) electrons. The molecule has 0 aromatic rings. The number of methoxy groups -OCH3 is 1. The first-order chi connectivity index (χ1) is 16.1. The summed E-state index contributed by atoms with van der Waals surface area (Å²) in [7, 11) is 1.35. The fourth-order valence-corrected chi connectivity index (χ4v) is 3.24. The van der Waals surface area contributed by atoms with Crippen LogP contribution in [0.3, 0.4) is 0 Å². The van der Waals surface area contributed by atoms with E-state index in [1.54, 1.807) is 0 Å². The Morgan fingerprint density at radius 2 is 1.65 bits per heavy atom. The zero-order valence-electron chi connectivity index (χ0n) is 19.2. The molecule has 0 bridgehead atoms. The molecule has 1 amide bonds. The Kier molecular flexibility index (Phi) is 15.1. The lowest BCUT2D eigenvalue weighted by atomic mass is 9.99. The molecule has 1 aliphatic rings. The summed E-state index contributed by atoms with van der Waals surface area (Å²) in [5.41, 5.74) is 7.56. The van der Waals surface area contributed by atoms with Gasteiger partial charge in [0.25, 0.3) is 0 Å². The first-order valence-corrected chi connectivity index (χ1v) is 11.1. The van der Waals surface area contributed by atoms with Crippen LogP contribution in [0.4, 0.5) is 0 Å². The van der Waals surface area contributed by atoms with Gasteiger partial charge in [0.15, 0.2) is 6.29 Å². The van der Waals surface area contributed by atoms with Crippen LogP contribution in [0.1, 0.15) is 25.7 Å². The molecule has 0 aromatic heterocycles. The summed E-state index contributed by atoms with van der Waals surface area (Å²) in [5.74, 6) is 4.75. The van der Waals surface area contributed by atoms with Crippen molar-refractivity contribution in [2.24, 2.45) is 5.84 Å². The third-order valence-corrected chi connectivity index (χ3v) is 5.37. The quantitative estimate of drug-likeness (QED) is 0.0386. The van der Waals surface area contributed by atoms with Crippen molar-refractivity contribution in [3.63, 3.8) is 0 Å². The van der Waals surface area contributed by atoms with Crippen LogP contribution in [-0.4, -0.2) is 130 Å². The summed E-state index contributed by atoms with van der Waals surface area (Å²) in [4.78, 5) is 11.0. The van der Waals surface area contributed by atoms with Crippen LogP contribution in [0.25, 0.3) is 0 Å². The fourth-order valence-electron chi connectivity index (χ4n) is 3.24. The number of rotatable bonds is 17. The Morgan fingerprint density at radius 3 is 2.29 bits per heavy atom. The molecular weight excluding hydrogens is 460 g/mol. The Hall–Kier alpha value is -1.05. The lowest BCUT2D eigenvalue weighted by molar-refractivity contribution is -0.307. The Morgan fingerprint density at radius 1 is 0.971 bits per heavy atom. The van der Waals surface area contributed by atoms with Gasteiger partial charge in [0.05, 0.1) is 19.3 Å². The van der Waals surface area contributed by atoms with E-state index in [1.807, 2.05) is 5.43 Å². The predicted octanol–water partition coefficient (Wildman–Crippen LogP) is -5.45. The van der Waals surface area contributed by atoms with E-state index < -0.39 is 61.7 Å². The minimum atomic E-state index is -1.79. The number of carbonyl (C=O) groups excluding carboxylic acids is 1. The van der Waals surface area contributed by atoms with E-state index >= 15 is 0 Å². The number of aliphatic hydroxyl groups excluding tert-OH is 7. The highest BCUT2D eigenvalue weighted by molar-refractivity contribution is 5.75. The van der Waals surface area contributed by atoms with Crippen LogP contribution in [0.2, 0.25) is 0 Å². The van der Waals surface area contributed by atoms with Crippen LogP contribution in [0.15, 0.2) is 0 Å². The van der Waals surface area contributed by atoms with E-state index in [9.17, 15) is 40.5 Å². The summed E-state index contributed by atoms with van der Waals surface area (Å²) < 4.78 is 15.4. The van der Waals surface area contributed by atoms with Gasteiger partial charge >= 0.3 is 0 Å². The second-order valence-electron chi connectivity index (χ2n) is 8.11. The number of aliphatic hydroxyl groups is 7. The number of ether oxygens (including phenoxy) is 3. The first-order valence-electron chi connectivity index (χ1n) is 11.1. The average molecular weight is 501 g/mol. The van der Waals surface area contributed by atoms with Crippen molar-refractivity contribution in [2.75, 3.05) is 33.4 Å². The van der Waals surface area contributed by atoms with Gasteiger partial charge in [-0.15, -0.1) is 0 Å². The molecule has 1 saturated heterocycles. The van der Waals surface area contributed by atoms with Crippen LogP contribution >= 0.6 is 0 Å². The molecule has 15 nitrogen and oxygen atoms in total. The molecule has 1 aliphatic heterocycles. The Balaban J connectivity index is 2.30. The molecule has 34 heavy (non-hydrogen) atoms. The molecule has 1 heterocycles. The average Bonchev–Trinajstić information content (AvgIpc) is 2.83. The number of hydrazine groups is 2. The van der Waals surface area contributed by atoms with Crippen molar-refractivity contribution in [2.45, 2.75) is 80.8 Å². The largest absolute Gasteiger partial charge is 0.389 e. The standard InChI is InChI=1S/C19H40N4O11/c1-32-9-12-16(29)17(30)18(31)19(34-12)33-8-11(25)15(28)14(27)10(24)7-22-21-6-4-2-3-5-13(26)23-20/h10-12,14-19,21-22,24-25,27-31H,2-9,20H2,1H3,(H,23,26). The van der Waals surface area contributed by atoms with Gasteiger partial charge < -0.3 is 50.0 Å². The van der Waals surface area contributed by atoms with Crippen LogP contribution in [0, 0.1) is 0 Å². The van der Waals surface area contributed by atoms with Gasteiger partial charge in [0.2, 0.25) is 5.91 Å². The summed E-state index contributed by atoms with van der Waals surface area (Å²) in [5, 5.41) is 70.1. The van der Waals surface area contributed by atoms with Crippen molar-refractivity contribution < 1.29 is 54.8 Å². The maximum Gasteiger partial charge on any atom is 0.233 e. The summed E-state index contributed by atoms with van der Waals surface area (Å²) >= 11 is 0. The summed E-state index contributed by atoms with van der Waals surface area (Å²) in [6.07, 6.45) is -11.2. The summed E-state index contributed by atoms with van der Waals surface area (Å²) in [6.45, 7) is -0.314. The Labute approximate surface area is 197 Å². The van der Waals surface area contributed by atoms with Gasteiger partial charge in [0, 0.05) is 26.6 Å². The van der Waals surface area contributed by atoms with Crippen LogP contribution < -0.4 is 22.1 Å². The molecule has 0 aliphatic carbocycles. The lowest BCUT2D eigenvalue weighted by Gasteiger charge is -2.40. The monoisotopic (exact) mass is 500 g/mol. The van der Waals surface area contributed by atoms with E-state index in [2.05, 4.69) is 10.9 Å². The number of unbranched alkanes of at least 4 members (excludes halogenated alkanes) is 2. The number of hydrogen-bond acceptors (Lipinski definition) is 14. The molecule has 202 valence electrons. The number of hydrogen-bond donors (Lipinski definition) is 11. The van der Waals surface area contributed by atoms with E-state index in [1.165, 1.54) is 7.11 Å². The third kappa shape index (κ3) is 10.3. The topological polar surface area (TPSA) is 248 Å². The van der Waals surface area contributed by atoms with Crippen molar-refractivity contribution in [3.05, 3.63) is 0 Å². The number of nitrogens with one attached hydrogen (secondary N) is 3. The van der Waals surface area contributed by atoms with Crippen LogP contribution in [-0.2, 0) is 19.0 Å². The Bertz CT molecular complexity index is 564. The highest BCUT2D eigenvalue weighted by Gasteiger charge is 2.44. The van der Waals surface area contributed by atoms with Gasteiger partial charge in [-0.1, -0.05) is 6.42 Å². The fraction of sp³-hybridized carbons (Fsp3) is 0.947. The molecule has 9 unspecified atom stereocenters. The van der Waals surface area contributed by atoms with E-state index in [0.29, 0.717) is 19.4 Å². The highest BCUT2D eigenvalue weighted by atomic mass is 16.7. The highest BCUT2D eigenvalue weighted by Crippen LogP contribution is 2.22. The minimum absolute atomic E-state index is 0.0899. The lowest BCUT2D eigenvalue weighted by Crippen LogP contribution is -2.60. The molecule has 1 rings (SSSR count). The van der Waals surface area contributed by atoms with Crippen molar-refractivity contribution in [1.82, 2.24) is 16.3 Å². The predicted molar refractivity (Wildman–Crippen MR) is 115 cm³/mol. The number of amides is 1. The van der Waals surface area contributed by atoms with Crippen LogP contribution in [0.5, 0.6) is 0 Å². The smallest absolute Gasteiger partial charge is 0.233 e. The van der Waals surface area contributed by atoms with Gasteiger partial charge in [-0.05, 0) is 12.8 Å². The summed E-state index contributed by atoms with van der Waals surface area (Å²) in [6, 6.07) is 0. The molecular formula is C19H40N4O11. The molecule has 0 saturated carbocycles. The molecule has 15 heteroatoms. The first kappa shape index (κ1) is 31.0. The zero-order valence-corrected chi connectivity index (χ0v) is 19.2. The van der Waals surface area contributed by atoms with E-state index in [-0.39, 0.29) is 19.1 Å². The van der Waals surface area contributed by atoms with Crippen molar-refractivity contribution >= 4 is 5.91 Å². The molecule has 0 aromatic carbocycles. The normalized spacial score (nSPS) is 28.8. The van der Waals surface area contributed by atoms with E-state index in [4.69, 9.17) is 20.1 Å². The second kappa shape index (κ2) is 16.6. The van der Waals surface area contributed by atoms with Gasteiger partial charge in [-0.25, -0.2) is 5.84 Å². The van der Waals surface area contributed by atoms with Crippen molar-refractivity contribution in [1.29, 1.82) is 0 Å². The van der Waals surface area contributed by atoms with Gasteiger partial charge in [-0.2, -0.15) is 0 Å². The van der Waals surface area contributed by atoms with Gasteiger partial charge in [-0.3, -0.25) is 21.1 Å². The SMILES string of the molecule is COCC1OC(OCC(O)C(O)C(O)C(O)CNNCCCCCC(=O)NN)C(O)C(O)C1O.